The summed E-state index contributed by atoms with van der Waals surface area (Å²) >= 11 is 6.96. The van der Waals surface area contributed by atoms with Crippen LogP contribution >= 0.6 is 22.9 Å². The third-order valence-electron chi connectivity index (χ3n) is 4.92. The predicted octanol–water partition coefficient (Wildman–Crippen LogP) is 3.98. The lowest BCUT2D eigenvalue weighted by Crippen LogP contribution is -2.53. The van der Waals surface area contributed by atoms with Crippen LogP contribution in [-0.4, -0.2) is 41.3 Å². The summed E-state index contributed by atoms with van der Waals surface area (Å²) < 4.78 is 5.70. The maximum Gasteiger partial charge on any atom is 0.307 e. The maximum atomic E-state index is 12.6. The molecule has 1 aromatic rings. The number of rotatable bonds is 7. The van der Waals surface area contributed by atoms with Crippen LogP contribution < -0.4 is 0 Å². The van der Waals surface area contributed by atoms with E-state index in [9.17, 15) is 19.6 Å². The predicted molar refractivity (Wildman–Crippen MR) is 103 cm³/mol. The van der Waals surface area contributed by atoms with E-state index in [1.807, 2.05) is 0 Å². The molecule has 1 saturated carbocycles. The fourth-order valence-electron chi connectivity index (χ4n) is 3.25. The van der Waals surface area contributed by atoms with Gasteiger partial charge in [0.25, 0.3) is 5.91 Å². The Labute approximate surface area is 168 Å². The second-order valence-electron chi connectivity index (χ2n) is 6.76. The number of halogens is 1. The number of hydrogen-bond acceptors (Lipinski definition) is 6. The number of nitrogens with zero attached hydrogens (tertiary/aromatic N) is 2. The Morgan fingerprint density at radius 2 is 1.96 bits per heavy atom. The summed E-state index contributed by atoms with van der Waals surface area (Å²) in [5.74, 6) is -1.20. The summed E-state index contributed by atoms with van der Waals surface area (Å²) in [5, 5.41) is 9.58. The number of likely N-dealkylation sites (N-methyl/N-ethyl adjacent to an activating group) is 1. The zero-order valence-corrected chi connectivity index (χ0v) is 17.1. The fourth-order valence-corrected chi connectivity index (χ4v) is 4.26. The highest BCUT2D eigenvalue weighted by atomic mass is 35.5. The lowest BCUT2D eigenvalue weighted by Gasteiger charge is -2.39. The number of ketones is 1. The van der Waals surface area contributed by atoms with E-state index in [0.717, 1.165) is 30.6 Å². The van der Waals surface area contributed by atoms with Gasteiger partial charge < -0.3 is 9.64 Å². The van der Waals surface area contributed by atoms with E-state index in [4.69, 9.17) is 16.3 Å². The molecule has 2 rings (SSSR count). The van der Waals surface area contributed by atoms with Crippen LogP contribution in [0.1, 0.15) is 61.5 Å². The minimum atomic E-state index is -0.999. The average Bonchev–Trinajstić information content (AvgIpc) is 3.11. The summed E-state index contributed by atoms with van der Waals surface area (Å²) in [5.41, 5.74) is -0.829. The third kappa shape index (κ3) is 5.30. The van der Waals surface area contributed by atoms with Gasteiger partial charge in [-0.1, -0.05) is 30.9 Å². The number of Topliss-reactive ketones (excluding diaryl/α,β-unsaturated/α-hetero) is 1. The third-order valence-corrected chi connectivity index (χ3v) is 6.19. The Bertz CT molecular complexity index is 749. The van der Waals surface area contributed by atoms with Crippen LogP contribution in [0.15, 0.2) is 12.1 Å². The summed E-state index contributed by atoms with van der Waals surface area (Å²) in [4.78, 5) is 38.6. The van der Waals surface area contributed by atoms with Gasteiger partial charge in [0, 0.05) is 13.5 Å². The van der Waals surface area contributed by atoms with Crippen molar-refractivity contribution in [2.75, 3.05) is 7.05 Å². The number of carbonyl (C=O) groups excluding carboxylic acids is 3. The van der Waals surface area contributed by atoms with Crippen molar-refractivity contribution < 1.29 is 19.1 Å². The second-order valence-corrected chi connectivity index (χ2v) is 8.48. The standard InChI is InChI=1S/C19H23ClN2O4S/c1-13(18(25)22(2)19(12-21)10-4-3-5-11-19)26-17(24)9-6-14(23)15-7-8-16(20)27-15/h7-8,13H,3-6,9-11H2,1-2H3/t13-/m0/s1. The van der Waals surface area contributed by atoms with Gasteiger partial charge in [-0.15, -0.1) is 11.3 Å². The molecule has 146 valence electrons. The molecule has 0 aliphatic heterocycles. The summed E-state index contributed by atoms with van der Waals surface area (Å²) in [7, 11) is 1.59. The molecule has 0 spiro atoms. The van der Waals surface area contributed by atoms with Gasteiger partial charge in [-0.3, -0.25) is 14.4 Å². The Morgan fingerprint density at radius 1 is 1.30 bits per heavy atom. The highest BCUT2D eigenvalue weighted by Crippen LogP contribution is 2.33. The van der Waals surface area contributed by atoms with Crippen LogP contribution in [0.25, 0.3) is 0 Å². The Kier molecular flexibility index (Phi) is 7.40. The molecule has 0 bridgehead atoms. The Balaban J connectivity index is 1.86. The highest BCUT2D eigenvalue weighted by molar-refractivity contribution is 7.18. The summed E-state index contributed by atoms with van der Waals surface area (Å²) in [6.07, 6.45) is 2.99. The molecule has 0 radical (unpaired) electrons. The first kappa shape index (κ1) is 21.4. The number of ether oxygens (including phenoxy) is 1. The molecule has 1 amide bonds. The molecule has 27 heavy (non-hydrogen) atoms. The van der Waals surface area contributed by atoms with Crippen LogP contribution in [0.4, 0.5) is 0 Å². The first-order chi connectivity index (χ1) is 12.8. The van der Waals surface area contributed by atoms with Gasteiger partial charge in [0.05, 0.1) is 21.7 Å². The number of thiophene rings is 1. The minimum absolute atomic E-state index is 0.00540. The summed E-state index contributed by atoms with van der Waals surface area (Å²) in [6, 6.07) is 5.52. The zero-order valence-electron chi connectivity index (χ0n) is 15.5. The minimum Gasteiger partial charge on any atom is -0.453 e. The van der Waals surface area contributed by atoms with Gasteiger partial charge in [-0.25, -0.2) is 0 Å². The van der Waals surface area contributed by atoms with E-state index < -0.39 is 23.5 Å². The number of carbonyl (C=O) groups is 3. The van der Waals surface area contributed by atoms with Crippen LogP contribution in [0.5, 0.6) is 0 Å². The molecule has 1 aliphatic rings. The molecule has 1 atom stereocenters. The van der Waals surface area contributed by atoms with Crippen LogP contribution in [0, 0.1) is 11.3 Å². The molecule has 0 N–H and O–H groups in total. The van der Waals surface area contributed by atoms with Crippen molar-refractivity contribution >= 4 is 40.6 Å². The molecule has 0 aromatic carbocycles. The smallest absolute Gasteiger partial charge is 0.307 e. The van der Waals surface area contributed by atoms with Crippen LogP contribution in [0.3, 0.4) is 0 Å². The maximum absolute atomic E-state index is 12.6. The highest BCUT2D eigenvalue weighted by Gasteiger charge is 2.40. The van der Waals surface area contributed by atoms with Gasteiger partial charge in [0.1, 0.15) is 5.54 Å². The first-order valence-corrected chi connectivity index (χ1v) is 10.2. The van der Waals surface area contributed by atoms with Crippen molar-refractivity contribution in [2.45, 2.75) is 63.5 Å². The van der Waals surface area contributed by atoms with Gasteiger partial charge >= 0.3 is 5.97 Å². The van der Waals surface area contributed by atoms with E-state index in [1.165, 1.54) is 11.8 Å². The summed E-state index contributed by atoms with van der Waals surface area (Å²) in [6.45, 7) is 1.49. The monoisotopic (exact) mass is 410 g/mol. The largest absolute Gasteiger partial charge is 0.453 e. The van der Waals surface area contributed by atoms with Crippen molar-refractivity contribution in [3.8, 4) is 6.07 Å². The SMILES string of the molecule is C[C@H](OC(=O)CCC(=O)c1ccc(Cl)s1)C(=O)N(C)C1(C#N)CCCCC1. The van der Waals surface area contributed by atoms with Crippen LogP contribution in [0.2, 0.25) is 4.34 Å². The molecular formula is C19H23ClN2O4S. The van der Waals surface area contributed by atoms with Crippen molar-refractivity contribution in [3.05, 3.63) is 21.3 Å². The van der Waals surface area contributed by atoms with Gasteiger partial charge in [0.15, 0.2) is 11.9 Å². The van der Waals surface area contributed by atoms with Crippen molar-refractivity contribution in [2.24, 2.45) is 0 Å². The lowest BCUT2D eigenvalue weighted by molar-refractivity contribution is -0.160. The van der Waals surface area contributed by atoms with Crippen LogP contribution in [-0.2, 0) is 14.3 Å². The zero-order chi connectivity index (χ0) is 20.0. The van der Waals surface area contributed by atoms with Crippen molar-refractivity contribution in [3.63, 3.8) is 0 Å². The lowest BCUT2D eigenvalue weighted by atomic mass is 9.81. The number of hydrogen-bond donors (Lipinski definition) is 0. The Hall–Kier alpha value is -1.91. The quantitative estimate of drug-likeness (QED) is 0.501. The van der Waals surface area contributed by atoms with Crippen molar-refractivity contribution in [1.29, 1.82) is 5.26 Å². The molecule has 6 nitrogen and oxygen atoms in total. The number of nitriles is 1. The molecule has 1 fully saturated rings. The molecule has 1 aromatic heterocycles. The van der Waals surface area contributed by atoms with Crippen molar-refractivity contribution in [1.82, 2.24) is 4.90 Å². The topological polar surface area (TPSA) is 87.5 Å². The average molecular weight is 411 g/mol. The Morgan fingerprint density at radius 3 is 2.52 bits per heavy atom. The molecule has 0 saturated heterocycles. The van der Waals surface area contributed by atoms with E-state index in [2.05, 4.69) is 6.07 Å². The first-order valence-electron chi connectivity index (χ1n) is 8.96. The molecule has 1 aliphatic carbocycles. The second kappa shape index (κ2) is 9.34. The van der Waals surface area contributed by atoms with Gasteiger partial charge in [-0.2, -0.15) is 5.26 Å². The normalized spacial score (nSPS) is 16.8. The molecular weight excluding hydrogens is 388 g/mol. The van der Waals surface area contributed by atoms with Gasteiger partial charge in [0.2, 0.25) is 0 Å². The number of esters is 1. The molecule has 1 heterocycles. The van der Waals surface area contributed by atoms with E-state index in [-0.39, 0.29) is 18.6 Å². The van der Waals surface area contributed by atoms with E-state index in [1.54, 1.807) is 19.2 Å². The van der Waals surface area contributed by atoms with Gasteiger partial charge in [-0.05, 0) is 31.9 Å². The van der Waals surface area contributed by atoms with E-state index in [0.29, 0.717) is 22.1 Å². The molecule has 0 unspecified atom stereocenters. The molecule has 8 heteroatoms. The number of amides is 1. The fraction of sp³-hybridized carbons (Fsp3) is 0.579. The van der Waals surface area contributed by atoms with E-state index >= 15 is 0 Å².